The molecule has 1 heterocycles. The molecule has 0 aliphatic rings. The van der Waals surface area contributed by atoms with Gasteiger partial charge in [-0.3, -0.25) is 4.98 Å². The first-order chi connectivity index (χ1) is 13.3. The molecule has 0 saturated heterocycles. The number of aliphatic hydroxyl groups is 1. The Morgan fingerprint density at radius 2 is 1.64 bits per heavy atom. The van der Waals surface area contributed by atoms with Gasteiger partial charge in [0.15, 0.2) is 0 Å². The zero-order chi connectivity index (χ0) is 20.8. The van der Waals surface area contributed by atoms with Crippen molar-refractivity contribution in [1.82, 2.24) is 4.98 Å². The van der Waals surface area contributed by atoms with E-state index in [0.717, 1.165) is 52.9 Å². The van der Waals surface area contributed by atoms with Gasteiger partial charge in [-0.15, -0.1) is 0 Å². The van der Waals surface area contributed by atoms with Crippen LogP contribution in [-0.2, 0) is 11.3 Å². The number of ether oxygens (including phenoxy) is 1. The van der Waals surface area contributed by atoms with Gasteiger partial charge < -0.3 is 9.84 Å². The molecule has 0 spiro atoms. The number of hydrogen-bond donors (Lipinski definition) is 1. The van der Waals surface area contributed by atoms with Crippen LogP contribution in [0.3, 0.4) is 0 Å². The fourth-order valence-electron chi connectivity index (χ4n) is 3.80. The number of rotatable bonds is 9. The monoisotopic (exact) mass is 387 g/mol. The number of halogens is 1. The van der Waals surface area contributed by atoms with E-state index in [1.54, 1.807) is 19.2 Å². The molecule has 3 nitrogen and oxygen atoms in total. The van der Waals surface area contributed by atoms with Gasteiger partial charge in [-0.05, 0) is 41.5 Å². The third kappa shape index (κ3) is 4.79. The van der Waals surface area contributed by atoms with E-state index >= 15 is 0 Å². The van der Waals surface area contributed by atoms with Gasteiger partial charge in [-0.1, -0.05) is 59.6 Å². The highest BCUT2D eigenvalue weighted by Gasteiger charge is 2.28. The molecule has 0 fully saturated rings. The fourth-order valence-corrected chi connectivity index (χ4v) is 3.80. The van der Waals surface area contributed by atoms with Gasteiger partial charge >= 0.3 is 0 Å². The van der Waals surface area contributed by atoms with Crippen LogP contribution < -0.4 is 0 Å². The summed E-state index contributed by atoms with van der Waals surface area (Å²) in [5.41, 5.74) is 5.60. The first kappa shape index (κ1) is 22.5. The van der Waals surface area contributed by atoms with Gasteiger partial charge in [0.2, 0.25) is 0 Å². The van der Waals surface area contributed by atoms with Gasteiger partial charge in [0.05, 0.1) is 12.7 Å². The standard InChI is InChI=1S/C24H34FNO2/c1-7-8-9-20(28-6)22-21(17-10-12-18(25)13-11-17)19(14-27)23(15(2)3)26-24(22)16(4)5/h10-13,15-16,20,27H,7-9,14H2,1-6H3. The molecular weight excluding hydrogens is 353 g/mol. The van der Waals surface area contributed by atoms with Crippen LogP contribution in [0.2, 0.25) is 0 Å². The topological polar surface area (TPSA) is 42.4 Å². The summed E-state index contributed by atoms with van der Waals surface area (Å²) in [4.78, 5) is 5.01. The van der Waals surface area contributed by atoms with Crippen molar-refractivity contribution in [2.24, 2.45) is 0 Å². The molecule has 0 radical (unpaired) electrons. The Kier molecular flexibility index (Phi) is 8.14. The van der Waals surface area contributed by atoms with E-state index in [9.17, 15) is 9.50 Å². The second-order valence-electron chi connectivity index (χ2n) is 7.99. The first-order valence-electron chi connectivity index (χ1n) is 10.3. The van der Waals surface area contributed by atoms with E-state index in [4.69, 9.17) is 9.72 Å². The summed E-state index contributed by atoms with van der Waals surface area (Å²) in [6, 6.07) is 6.51. The van der Waals surface area contributed by atoms with E-state index in [2.05, 4.69) is 34.6 Å². The minimum Gasteiger partial charge on any atom is -0.392 e. The average molecular weight is 388 g/mol. The van der Waals surface area contributed by atoms with Crippen molar-refractivity contribution < 1.29 is 14.2 Å². The Hall–Kier alpha value is -1.78. The van der Waals surface area contributed by atoms with Crippen molar-refractivity contribution >= 4 is 0 Å². The minimum atomic E-state index is -0.271. The summed E-state index contributed by atoms with van der Waals surface area (Å²) in [5, 5.41) is 10.3. The van der Waals surface area contributed by atoms with Crippen molar-refractivity contribution in [1.29, 1.82) is 0 Å². The maximum Gasteiger partial charge on any atom is 0.123 e. The Morgan fingerprint density at radius 1 is 1.04 bits per heavy atom. The summed E-state index contributed by atoms with van der Waals surface area (Å²) in [7, 11) is 1.73. The van der Waals surface area contributed by atoms with E-state index in [-0.39, 0.29) is 30.4 Å². The zero-order valence-electron chi connectivity index (χ0n) is 18.1. The lowest BCUT2D eigenvalue weighted by Crippen LogP contribution is -2.16. The van der Waals surface area contributed by atoms with Crippen molar-refractivity contribution in [2.75, 3.05) is 7.11 Å². The minimum absolute atomic E-state index is 0.108. The van der Waals surface area contributed by atoms with Gasteiger partial charge in [-0.2, -0.15) is 0 Å². The molecular formula is C24H34FNO2. The lowest BCUT2D eigenvalue weighted by molar-refractivity contribution is 0.0925. The van der Waals surface area contributed by atoms with Crippen LogP contribution in [-0.4, -0.2) is 17.2 Å². The molecule has 0 saturated carbocycles. The van der Waals surface area contributed by atoms with Crippen molar-refractivity contribution in [3.63, 3.8) is 0 Å². The molecule has 154 valence electrons. The first-order valence-corrected chi connectivity index (χ1v) is 10.3. The number of pyridine rings is 1. The number of aliphatic hydroxyl groups excluding tert-OH is 1. The molecule has 1 aromatic heterocycles. The fraction of sp³-hybridized carbons (Fsp3) is 0.542. The number of benzene rings is 1. The summed E-state index contributed by atoms with van der Waals surface area (Å²) in [6.07, 6.45) is 2.89. The molecule has 0 amide bonds. The third-order valence-electron chi connectivity index (χ3n) is 5.21. The molecule has 1 N–H and O–H groups in total. The Balaban J connectivity index is 2.90. The lowest BCUT2D eigenvalue weighted by atomic mass is 9.84. The van der Waals surface area contributed by atoms with E-state index < -0.39 is 0 Å². The third-order valence-corrected chi connectivity index (χ3v) is 5.21. The number of aromatic nitrogens is 1. The van der Waals surface area contributed by atoms with Crippen molar-refractivity contribution in [2.45, 2.75) is 78.4 Å². The zero-order valence-corrected chi connectivity index (χ0v) is 18.1. The largest absolute Gasteiger partial charge is 0.392 e. The molecule has 0 aliphatic heterocycles. The van der Waals surface area contributed by atoms with Crippen LogP contribution >= 0.6 is 0 Å². The number of methoxy groups -OCH3 is 1. The van der Waals surface area contributed by atoms with E-state index in [1.165, 1.54) is 12.1 Å². The Bertz CT molecular complexity index is 769. The maximum atomic E-state index is 13.6. The van der Waals surface area contributed by atoms with Gasteiger partial charge in [-0.25, -0.2) is 4.39 Å². The predicted molar refractivity (Wildman–Crippen MR) is 113 cm³/mol. The summed E-state index contributed by atoms with van der Waals surface area (Å²) >= 11 is 0. The average Bonchev–Trinajstić information content (AvgIpc) is 2.67. The van der Waals surface area contributed by atoms with Gasteiger partial charge in [0.25, 0.3) is 0 Å². The Labute approximate surface area is 169 Å². The molecule has 4 heteroatoms. The highest BCUT2D eigenvalue weighted by atomic mass is 19.1. The second kappa shape index (κ2) is 10.1. The van der Waals surface area contributed by atoms with Crippen molar-refractivity contribution in [3.8, 4) is 11.1 Å². The summed E-state index contributed by atoms with van der Waals surface area (Å²) in [6.45, 7) is 10.5. The molecule has 2 rings (SSSR count). The highest BCUT2D eigenvalue weighted by molar-refractivity contribution is 5.73. The molecule has 1 aromatic carbocycles. The van der Waals surface area contributed by atoms with E-state index in [0.29, 0.717) is 0 Å². The lowest BCUT2D eigenvalue weighted by Gasteiger charge is -2.28. The van der Waals surface area contributed by atoms with Gasteiger partial charge in [0, 0.05) is 29.6 Å². The van der Waals surface area contributed by atoms with Crippen molar-refractivity contribution in [3.05, 3.63) is 52.6 Å². The molecule has 2 aromatic rings. The van der Waals surface area contributed by atoms with Crippen LogP contribution in [0.5, 0.6) is 0 Å². The predicted octanol–water partition coefficient (Wildman–Crippen LogP) is 6.50. The van der Waals surface area contributed by atoms with Gasteiger partial charge in [0.1, 0.15) is 5.82 Å². The Morgan fingerprint density at radius 3 is 2.11 bits per heavy atom. The van der Waals surface area contributed by atoms with Crippen LogP contribution in [0.1, 0.15) is 94.3 Å². The second-order valence-corrected chi connectivity index (χ2v) is 7.99. The number of unbranched alkanes of at least 4 members (excludes halogenated alkanes) is 1. The normalized spacial score (nSPS) is 12.8. The maximum absolute atomic E-state index is 13.6. The molecule has 1 atom stereocenters. The molecule has 0 bridgehead atoms. The molecule has 1 unspecified atom stereocenters. The number of nitrogens with zero attached hydrogens (tertiary/aromatic N) is 1. The smallest absolute Gasteiger partial charge is 0.123 e. The molecule has 28 heavy (non-hydrogen) atoms. The van der Waals surface area contributed by atoms with Crippen LogP contribution in [0.15, 0.2) is 24.3 Å². The summed E-state index contributed by atoms with van der Waals surface area (Å²) in [5.74, 6) is 0.107. The van der Waals surface area contributed by atoms with Crippen LogP contribution in [0.4, 0.5) is 4.39 Å². The molecule has 0 aliphatic carbocycles. The number of hydrogen-bond acceptors (Lipinski definition) is 3. The van der Waals surface area contributed by atoms with Crippen LogP contribution in [0.25, 0.3) is 11.1 Å². The van der Waals surface area contributed by atoms with Crippen LogP contribution in [0, 0.1) is 5.82 Å². The highest BCUT2D eigenvalue weighted by Crippen LogP contribution is 2.41. The quantitative estimate of drug-likeness (QED) is 0.534. The SMILES string of the molecule is CCCCC(OC)c1c(C(C)C)nc(C(C)C)c(CO)c1-c1ccc(F)cc1. The summed E-state index contributed by atoms with van der Waals surface area (Å²) < 4.78 is 19.5. The van der Waals surface area contributed by atoms with E-state index in [1.807, 2.05) is 0 Å².